The molecule has 3 nitrogen and oxygen atoms in total. The summed E-state index contributed by atoms with van der Waals surface area (Å²) in [7, 11) is 1.86. The number of ether oxygens (including phenoxy) is 2. The van der Waals surface area contributed by atoms with Gasteiger partial charge in [0, 0.05) is 13.2 Å². The molecule has 0 unspecified atom stereocenters. The summed E-state index contributed by atoms with van der Waals surface area (Å²) in [6.07, 6.45) is 3.33. The summed E-state index contributed by atoms with van der Waals surface area (Å²) < 4.78 is 14.4. The summed E-state index contributed by atoms with van der Waals surface area (Å²) in [5.41, 5.74) is -0.357. The first-order chi connectivity index (χ1) is 9.25. The second kappa shape index (κ2) is 10.1. The summed E-state index contributed by atoms with van der Waals surface area (Å²) in [6, 6.07) is 1.19. The van der Waals surface area contributed by atoms with Crippen LogP contribution in [0.5, 0.6) is 0 Å². The normalized spacial score (nSPS) is 13.2. The largest absolute Gasteiger partial charge is 0.355 e. The van der Waals surface area contributed by atoms with Crippen LogP contribution in [0.15, 0.2) is 0 Å². The van der Waals surface area contributed by atoms with Crippen molar-refractivity contribution in [3.05, 3.63) is 0 Å². The first kappa shape index (κ1) is 20.3. The van der Waals surface area contributed by atoms with Crippen LogP contribution in [0.4, 0.5) is 0 Å². The molecule has 5 heteroatoms. The highest BCUT2D eigenvalue weighted by Gasteiger charge is 2.26. The highest BCUT2D eigenvalue weighted by molar-refractivity contribution is 6.73. The predicted molar refractivity (Wildman–Crippen MR) is 92.0 cm³/mol. The molecule has 0 aromatic carbocycles. The lowest BCUT2D eigenvalue weighted by atomic mass is 10.5. The predicted octanol–water partition coefficient (Wildman–Crippen LogP) is 3.79. The van der Waals surface area contributed by atoms with E-state index in [1.165, 1.54) is 19.0 Å². The minimum Gasteiger partial charge on any atom is -0.355 e. The Labute approximate surface area is 130 Å². The molecule has 0 aromatic heterocycles. The number of hydrogen-bond donors (Lipinski definition) is 0. The van der Waals surface area contributed by atoms with Crippen LogP contribution in [-0.2, 0) is 9.47 Å². The molecule has 0 aliphatic rings. The Hall–Kier alpha value is 0.314. The number of nitrogens with zero attached hydrogens (tertiary/aromatic N) is 1. The number of rotatable bonds is 12. The molecule has 0 aromatic rings. The molecule has 2 radical (unpaired) electrons. The summed E-state index contributed by atoms with van der Waals surface area (Å²) >= 11 is 0. The van der Waals surface area contributed by atoms with E-state index in [2.05, 4.69) is 52.0 Å². The zero-order valence-electron chi connectivity index (χ0n) is 14.7. The molecule has 0 atom stereocenters. The van der Waals surface area contributed by atoms with Crippen molar-refractivity contribution in [1.29, 1.82) is 0 Å². The monoisotopic (exact) mass is 317 g/mol. The Morgan fingerprint density at radius 3 is 1.95 bits per heavy atom. The van der Waals surface area contributed by atoms with E-state index in [1.807, 2.05) is 0 Å². The van der Waals surface area contributed by atoms with Crippen molar-refractivity contribution in [2.75, 3.05) is 26.8 Å². The second-order valence-electron chi connectivity index (χ2n) is 6.52. The average molecular weight is 318 g/mol. The molecule has 0 saturated carbocycles. The van der Waals surface area contributed by atoms with Gasteiger partial charge in [0.05, 0.1) is 0 Å². The molecule has 0 bridgehead atoms. The third-order valence-corrected chi connectivity index (χ3v) is 7.47. The van der Waals surface area contributed by atoms with Gasteiger partial charge in [-0.3, -0.25) is 0 Å². The molecular formula is C15H35NO2Si2. The fraction of sp³-hybridized carbons (Fsp3) is 1.00. The van der Waals surface area contributed by atoms with Crippen molar-refractivity contribution >= 4 is 17.8 Å². The van der Waals surface area contributed by atoms with Gasteiger partial charge in [0.2, 0.25) is 0 Å². The van der Waals surface area contributed by atoms with Crippen LogP contribution < -0.4 is 0 Å². The van der Waals surface area contributed by atoms with Crippen LogP contribution in [0.1, 0.15) is 40.0 Å². The summed E-state index contributed by atoms with van der Waals surface area (Å²) in [4.78, 5) is 0. The van der Waals surface area contributed by atoms with Crippen LogP contribution in [0, 0.1) is 0 Å². The molecule has 0 N–H and O–H groups in total. The molecule has 20 heavy (non-hydrogen) atoms. The fourth-order valence-electron chi connectivity index (χ4n) is 1.70. The van der Waals surface area contributed by atoms with Crippen molar-refractivity contribution in [3.63, 3.8) is 0 Å². The highest BCUT2D eigenvalue weighted by Crippen LogP contribution is 2.15. The van der Waals surface area contributed by atoms with Gasteiger partial charge in [-0.15, -0.1) is 0 Å². The maximum atomic E-state index is 5.94. The molecule has 0 heterocycles. The van der Waals surface area contributed by atoms with E-state index < -0.39 is 8.24 Å². The molecule has 0 fully saturated rings. The van der Waals surface area contributed by atoms with Crippen LogP contribution in [0.25, 0.3) is 0 Å². The fourth-order valence-corrected chi connectivity index (χ4v) is 3.73. The topological polar surface area (TPSA) is 21.7 Å². The zero-order valence-corrected chi connectivity index (χ0v) is 16.7. The average Bonchev–Trinajstić information content (AvgIpc) is 2.38. The SMILES string of the molecule is CCCOC(C)(OCCC)[Si]CCCN(C)[Si](C)(C)C. The first-order valence-corrected chi connectivity index (χ1v) is 12.6. The van der Waals surface area contributed by atoms with Gasteiger partial charge in [0.1, 0.15) is 23.2 Å². The maximum absolute atomic E-state index is 5.94. The molecule has 120 valence electrons. The zero-order chi connectivity index (χ0) is 15.6. The van der Waals surface area contributed by atoms with Crippen molar-refractivity contribution in [2.24, 2.45) is 0 Å². The Kier molecular flexibility index (Phi) is 10.3. The summed E-state index contributed by atoms with van der Waals surface area (Å²) in [5.74, 6) is 0. The molecule has 0 saturated heterocycles. The van der Waals surface area contributed by atoms with Crippen LogP contribution in [0.3, 0.4) is 0 Å². The lowest BCUT2D eigenvalue weighted by Crippen LogP contribution is -2.44. The molecular weight excluding hydrogens is 282 g/mol. The van der Waals surface area contributed by atoms with E-state index in [0.29, 0.717) is 0 Å². The van der Waals surface area contributed by atoms with E-state index in [1.54, 1.807) is 0 Å². The van der Waals surface area contributed by atoms with Gasteiger partial charge in [-0.1, -0.05) is 39.5 Å². The van der Waals surface area contributed by atoms with Gasteiger partial charge in [-0.05, 0) is 39.8 Å². The van der Waals surface area contributed by atoms with Gasteiger partial charge < -0.3 is 14.0 Å². The molecule has 0 rings (SSSR count). The Morgan fingerprint density at radius 2 is 1.55 bits per heavy atom. The van der Waals surface area contributed by atoms with Crippen LogP contribution >= 0.6 is 0 Å². The molecule has 0 aliphatic heterocycles. The second-order valence-corrected chi connectivity index (χ2v) is 13.4. The number of hydrogen-bond acceptors (Lipinski definition) is 3. The Morgan fingerprint density at radius 1 is 1.05 bits per heavy atom. The van der Waals surface area contributed by atoms with Gasteiger partial charge in [-0.25, -0.2) is 0 Å². The third-order valence-electron chi connectivity index (χ3n) is 3.42. The standard InChI is InChI=1S/C15H35NO2Si2/c1-8-12-17-15(3,18-13-9-2)19-14-10-11-16(4)20(5,6)7/h8-14H2,1-7H3. The van der Waals surface area contributed by atoms with Gasteiger partial charge in [0.25, 0.3) is 0 Å². The molecule has 0 spiro atoms. The third kappa shape index (κ3) is 9.29. The van der Waals surface area contributed by atoms with Crippen LogP contribution in [-0.4, -0.2) is 54.5 Å². The Bertz CT molecular complexity index is 237. The minimum absolute atomic E-state index is 0.357. The Balaban J connectivity index is 4.06. The minimum atomic E-state index is -1.12. The van der Waals surface area contributed by atoms with Gasteiger partial charge in [-0.2, -0.15) is 0 Å². The van der Waals surface area contributed by atoms with Gasteiger partial charge in [0.15, 0.2) is 0 Å². The highest BCUT2D eigenvalue weighted by atomic mass is 28.3. The van der Waals surface area contributed by atoms with Crippen molar-refractivity contribution < 1.29 is 9.47 Å². The molecule has 0 aliphatic carbocycles. The van der Waals surface area contributed by atoms with Crippen molar-refractivity contribution in [3.8, 4) is 0 Å². The van der Waals surface area contributed by atoms with Gasteiger partial charge >= 0.3 is 0 Å². The van der Waals surface area contributed by atoms with E-state index in [4.69, 9.17) is 9.47 Å². The van der Waals surface area contributed by atoms with E-state index >= 15 is 0 Å². The van der Waals surface area contributed by atoms with Crippen molar-refractivity contribution in [1.82, 2.24) is 4.57 Å². The van der Waals surface area contributed by atoms with E-state index in [9.17, 15) is 0 Å². The smallest absolute Gasteiger partial charge is 0.144 e. The maximum Gasteiger partial charge on any atom is 0.144 e. The van der Waals surface area contributed by atoms with Crippen LogP contribution in [0.2, 0.25) is 25.7 Å². The lowest BCUT2D eigenvalue weighted by Gasteiger charge is -2.32. The van der Waals surface area contributed by atoms with E-state index in [0.717, 1.165) is 35.6 Å². The van der Waals surface area contributed by atoms with Crippen molar-refractivity contribution in [2.45, 2.75) is 71.1 Å². The first-order valence-electron chi connectivity index (χ1n) is 7.99. The lowest BCUT2D eigenvalue weighted by molar-refractivity contribution is -0.169. The summed E-state index contributed by atoms with van der Waals surface area (Å²) in [5, 5.41) is 0. The van der Waals surface area contributed by atoms with E-state index in [-0.39, 0.29) is 5.41 Å². The molecule has 0 amide bonds. The quantitative estimate of drug-likeness (QED) is 0.310. The summed E-state index contributed by atoms with van der Waals surface area (Å²) in [6.45, 7) is 16.4.